The Kier molecular flexibility index (Phi) is 7.57. The Labute approximate surface area is 182 Å². The number of carbonyl (C=O) groups is 2. The molecule has 0 spiro atoms. The molecule has 0 saturated carbocycles. The molecule has 1 atom stereocenters. The molecule has 0 bridgehead atoms. The van der Waals surface area contributed by atoms with Crippen molar-refractivity contribution >= 4 is 29.1 Å². The first kappa shape index (κ1) is 22.0. The molecule has 2 N–H and O–H groups in total. The molecule has 1 aliphatic rings. The highest BCUT2D eigenvalue weighted by molar-refractivity contribution is 6.30. The molecule has 0 saturated heterocycles. The lowest BCUT2D eigenvalue weighted by Crippen LogP contribution is -2.52. The Morgan fingerprint density at radius 2 is 1.83 bits per heavy atom. The van der Waals surface area contributed by atoms with E-state index in [2.05, 4.69) is 10.6 Å². The van der Waals surface area contributed by atoms with Gasteiger partial charge in [-0.25, -0.2) is 0 Å². The van der Waals surface area contributed by atoms with E-state index < -0.39 is 6.10 Å². The predicted molar refractivity (Wildman–Crippen MR) is 119 cm³/mol. The fraction of sp³-hybridized carbons (Fsp3) is 0.391. The average molecular weight is 430 g/mol. The standard InChI is InChI=1S/C23H28ClN3O3/c1-3-18(4-2)26-23(29)21-14-27(19-7-5-6-8-20(19)30-21)15-22(28)25-13-16-9-11-17(24)12-10-16/h5-12,18,21H,3-4,13-15H2,1-2H3,(H,25,28)(H,26,29). The van der Waals surface area contributed by atoms with Crippen molar-refractivity contribution < 1.29 is 14.3 Å². The summed E-state index contributed by atoms with van der Waals surface area (Å²) in [6, 6.07) is 14.9. The summed E-state index contributed by atoms with van der Waals surface area (Å²) in [5, 5.41) is 6.63. The molecule has 2 amide bonds. The molecule has 0 radical (unpaired) electrons. The van der Waals surface area contributed by atoms with E-state index in [1.54, 1.807) is 12.1 Å². The molecule has 30 heavy (non-hydrogen) atoms. The normalized spacial score (nSPS) is 15.3. The predicted octanol–water partition coefficient (Wildman–Crippen LogP) is 3.53. The molecule has 1 heterocycles. The molecule has 7 heteroatoms. The lowest BCUT2D eigenvalue weighted by atomic mass is 10.1. The topological polar surface area (TPSA) is 70.7 Å². The lowest BCUT2D eigenvalue weighted by molar-refractivity contribution is -0.129. The van der Waals surface area contributed by atoms with Crippen LogP contribution in [-0.4, -0.2) is 37.0 Å². The fourth-order valence-electron chi connectivity index (χ4n) is 3.41. The van der Waals surface area contributed by atoms with Gasteiger partial charge >= 0.3 is 0 Å². The first-order valence-electron chi connectivity index (χ1n) is 10.3. The van der Waals surface area contributed by atoms with E-state index >= 15 is 0 Å². The van der Waals surface area contributed by atoms with Gasteiger partial charge < -0.3 is 20.3 Å². The molecule has 2 aromatic carbocycles. The maximum absolute atomic E-state index is 12.7. The Bertz CT molecular complexity index is 868. The summed E-state index contributed by atoms with van der Waals surface area (Å²) in [5.41, 5.74) is 1.78. The number of nitrogens with zero attached hydrogens (tertiary/aromatic N) is 1. The van der Waals surface area contributed by atoms with Gasteiger partial charge in [-0.2, -0.15) is 0 Å². The zero-order chi connectivity index (χ0) is 21.5. The highest BCUT2D eigenvalue weighted by Crippen LogP contribution is 2.33. The minimum absolute atomic E-state index is 0.120. The molecule has 2 aromatic rings. The van der Waals surface area contributed by atoms with Crippen molar-refractivity contribution in [2.45, 2.75) is 45.4 Å². The lowest BCUT2D eigenvalue weighted by Gasteiger charge is -2.35. The zero-order valence-corrected chi connectivity index (χ0v) is 18.1. The van der Waals surface area contributed by atoms with Gasteiger partial charge in [0.1, 0.15) is 5.75 Å². The fourth-order valence-corrected chi connectivity index (χ4v) is 3.54. The van der Waals surface area contributed by atoms with E-state index in [4.69, 9.17) is 16.3 Å². The molecule has 0 fully saturated rings. The highest BCUT2D eigenvalue weighted by Gasteiger charge is 2.32. The van der Waals surface area contributed by atoms with Crippen LogP contribution in [-0.2, 0) is 16.1 Å². The van der Waals surface area contributed by atoms with Gasteiger partial charge in [0.15, 0.2) is 6.10 Å². The maximum atomic E-state index is 12.7. The van der Waals surface area contributed by atoms with E-state index in [1.165, 1.54) is 0 Å². The number of nitrogens with one attached hydrogen (secondary N) is 2. The number of hydrogen-bond donors (Lipinski definition) is 2. The van der Waals surface area contributed by atoms with Crippen LogP contribution in [0.2, 0.25) is 5.02 Å². The third-order valence-corrected chi connectivity index (χ3v) is 5.48. The first-order valence-corrected chi connectivity index (χ1v) is 10.7. The van der Waals surface area contributed by atoms with Crippen LogP contribution in [0.1, 0.15) is 32.3 Å². The largest absolute Gasteiger partial charge is 0.477 e. The molecule has 3 rings (SSSR count). The quantitative estimate of drug-likeness (QED) is 0.673. The van der Waals surface area contributed by atoms with Crippen LogP contribution in [0.25, 0.3) is 0 Å². The van der Waals surface area contributed by atoms with Gasteiger partial charge in [-0.1, -0.05) is 49.7 Å². The summed E-state index contributed by atoms with van der Waals surface area (Å²) in [4.78, 5) is 27.2. The number of hydrogen-bond acceptors (Lipinski definition) is 4. The molecule has 0 aromatic heterocycles. The monoisotopic (exact) mass is 429 g/mol. The summed E-state index contributed by atoms with van der Waals surface area (Å²) < 4.78 is 5.94. The second kappa shape index (κ2) is 10.3. The van der Waals surface area contributed by atoms with E-state index in [1.807, 2.05) is 55.1 Å². The molecule has 0 aliphatic carbocycles. The van der Waals surface area contributed by atoms with E-state index in [9.17, 15) is 9.59 Å². The molecular weight excluding hydrogens is 402 g/mol. The molecule has 1 unspecified atom stereocenters. The molecular formula is C23H28ClN3O3. The van der Waals surface area contributed by atoms with E-state index in [0.717, 1.165) is 24.1 Å². The van der Waals surface area contributed by atoms with Crippen LogP contribution in [0.4, 0.5) is 5.69 Å². The number of amides is 2. The number of rotatable bonds is 8. The number of para-hydroxylation sites is 2. The summed E-state index contributed by atoms with van der Waals surface area (Å²) in [5.74, 6) is 0.338. The van der Waals surface area contributed by atoms with Crippen molar-refractivity contribution in [1.82, 2.24) is 10.6 Å². The summed E-state index contributed by atoms with van der Waals surface area (Å²) in [6.45, 7) is 4.96. The third kappa shape index (κ3) is 5.66. The van der Waals surface area contributed by atoms with Gasteiger partial charge in [-0.05, 0) is 42.7 Å². The van der Waals surface area contributed by atoms with E-state index in [0.29, 0.717) is 23.9 Å². The highest BCUT2D eigenvalue weighted by atomic mass is 35.5. The van der Waals surface area contributed by atoms with Crippen LogP contribution >= 0.6 is 11.6 Å². The minimum Gasteiger partial charge on any atom is -0.477 e. The van der Waals surface area contributed by atoms with Crippen molar-refractivity contribution in [2.75, 3.05) is 18.0 Å². The van der Waals surface area contributed by atoms with Crippen LogP contribution in [0, 0.1) is 0 Å². The Hall–Kier alpha value is -2.73. The van der Waals surface area contributed by atoms with Gasteiger partial charge in [0.25, 0.3) is 5.91 Å². The van der Waals surface area contributed by atoms with Crippen molar-refractivity contribution in [3.63, 3.8) is 0 Å². The summed E-state index contributed by atoms with van der Waals surface area (Å²) in [7, 11) is 0. The van der Waals surface area contributed by atoms with Crippen molar-refractivity contribution in [3.05, 3.63) is 59.1 Å². The summed E-state index contributed by atoms with van der Waals surface area (Å²) >= 11 is 5.90. The second-order valence-corrected chi connectivity index (χ2v) is 7.82. The minimum atomic E-state index is -0.662. The first-order chi connectivity index (χ1) is 14.5. The number of benzene rings is 2. The zero-order valence-electron chi connectivity index (χ0n) is 17.4. The SMILES string of the molecule is CCC(CC)NC(=O)C1CN(CC(=O)NCc2ccc(Cl)cc2)c2ccccc2O1. The Morgan fingerprint density at radius 1 is 1.13 bits per heavy atom. The van der Waals surface area contributed by atoms with Crippen molar-refractivity contribution in [2.24, 2.45) is 0 Å². The smallest absolute Gasteiger partial charge is 0.263 e. The van der Waals surface area contributed by atoms with Crippen molar-refractivity contribution in [1.29, 1.82) is 0 Å². The number of ether oxygens (including phenoxy) is 1. The van der Waals surface area contributed by atoms with Gasteiger partial charge in [0.2, 0.25) is 5.91 Å². The van der Waals surface area contributed by atoms with Crippen LogP contribution in [0.15, 0.2) is 48.5 Å². The molecule has 1 aliphatic heterocycles. The number of carbonyl (C=O) groups excluding carboxylic acids is 2. The number of halogens is 1. The second-order valence-electron chi connectivity index (χ2n) is 7.38. The van der Waals surface area contributed by atoms with Gasteiger partial charge in [0, 0.05) is 17.6 Å². The average Bonchev–Trinajstić information content (AvgIpc) is 2.76. The Morgan fingerprint density at radius 3 is 2.53 bits per heavy atom. The summed E-state index contributed by atoms with van der Waals surface area (Å²) in [6.07, 6.45) is 1.06. The maximum Gasteiger partial charge on any atom is 0.263 e. The molecule has 6 nitrogen and oxygen atoms in total. The number of anilines is 1. The molecule has 160 valence electrons. The number of fused-ring (bicyclic) bond motifs is 1. The third-order valence-electron chi connectivity index (χ3n) is 5.22. The van der Waals surface area contributed by atoms with Gasteiger partial charge in [-0.15, -0.1) is 0 Å². The van der Waals surface area contributed by atoms with Gasteiger partial charge in [-0.3, -0.25) is 9.59 Å². The van der Waals surface area contributed by atoms with Crippen LogP contribution in [0.5, 0.6) is 5.75 Å². The van der Waals surface area contributed by atoms with Gasteiger partial charge in [0.05, 0.1) is 18.8 Å². The van der Waals surface area contributed by atoms with Crippen LogP contribution < -0.4 is 20.3 Å². The van der Waals surface area contributed by atoms with Crippen LogP contribution in [0.3, 0.4) is 0 Å². The Balaban J connectivity index is 1.65. The van der Waals surface area contributed by atoms with E-state index in [-0.39, 0.29) is 24.4 Å². The van der Waals surface area contributed by atoms with Crippen molar-refractivity contribution in [3.8, 4) is 5.75 Å².